The van der Waals surface area contributed by atoms with Crippen molar-refractivity contribution in [2.24, 2.45) is 5.92 Å². The maximum atomic E-state index is 4.64. The van der Waals surface area contributed by atoms with Crippen LogP contribution in [0.15, 0.2) is 35.1 Å². The van der Waals surface area contributed by atoms with Gasteiger partial charge in [0, 0.05) is 12.7 Å². The van der Waals surface area contributed by atoms with Crippen molar-refractivity contribution in [1.29, 1.82) is 0 Å². The molecule has 1 N–H and O–H groups in total. The first-order valence-corrected chi connectivity index (χ1v) is 7.26. The zero-order chi connectivity index (χ0) is 13.7. The van der Waals surface area contributed by atoms with Crippen molar-refractivity contribution in [1.82, 2.24) is 20.1 Å². The molecule has 102 valence electrons. The summed E-state index contributed by atoms with van der Waals surface area (Å²) in [5.41, 5.74) is 2.10. The minimum Gasteiger partial charge on any atom is -0.311 e. The van der Waals surface area contributed by atoms with Gasteiger partial charge in [-0.3, -0.25) is 9.67 Å². The van der Waals surface area contributed by atoms with Gasteiger partial charge < -0.3 is 5.32 Å². The zero-order valence-electron chi connectivity index (χ0n) is 11.3. The van der Waals surface area contributed by atoms with E-state index in [2.05, 4.69) is 51.2 Å². The Labute approximate surface area is 122 Å². The number of halogens is 1. The first kappa shape index (κ1) is 14.2. The molecule has 0 saturated carbocycles. The fourth-order valence-corrected chi connectivity index (χ4v) is 2.12. The third-order valence-electron chi connectivity index (χ3n) is 2.65. The predicted molar refractivity (Wildman–Crippen MR) is 79.8 cm³/mol. The maximum absolute atomic E-state index is 4.64. The fraction of sp³-hybridized carbons (Fsp3) is 0.429. The first-order chi connectivity index (χ1) is 9.13. The highest BCUT2D eigenvalue weighted by molar-refractivity contribution is 9.10. The second-order valence-electron chi connectivity index (χ2n) is 5.00. The molecule has 19 heavy (non-hydrogen) atoms. The van der Waals surface area contributed by atoms with E-state index in [9.17, 15) is 0 Å². The van der Waals surface area contributed by atoms with E-state index in [4.69, 9.17) is 0 Å². The lowest BCUT2D eigenvalue weighted by Gasteiger charge is -2.08. The Morgan fingerprint density at radius 1 is 1.32 bits per heavy atom. The number of nitrogens with one attached hydrogen (secondary N) is 1. The standard InChI is InChI=1S/C14H19BrN4/c1-11(2)6-16-8-13-4-3-5-14(18-13)10-19-9-12(15)7-17-19/h3-5,7,9,11,16H,6,8,10H2,1-2H3. The summed E-state index contributed by atoms with van der Waals surface area (Å²) in [5.74, 6) is 0.657. The molecule has 0 saturated heterocycles. The molecule has 0 unspecified atom stereocenters. The lowest BCUT2D eigenvalue weighted by atomic mass is 10.2. The first-order valence-electron chi connectivity index (χ1n) is 6.47. The van der Waals surface area contributed by atoms with Crippen LogP contribution in [0.2, 0.25) is 0 Å². The molecule has 0 spiro atoms. The van der Waals surface area contributed by atoms with Crippen molar-refractivity contribution in [2.75, 3.05) is 6.54 Å². The van der Waals surface area contributed by atoms with Crippen molar-refractivity contribution >= 4 is 15.9 Å². The average Bonchev–Trinajstić information content (AvgIpc) is 2.75. The normalized spacial score (nSPS) is 11.2. The van der Waals surface area contributed by atoms with Crippen LogP contribution < -0.4 is 5.32 Å². The van der Waals surface area contributed by atoms with Crippen LogP contribution >= 0.6 is 15.9 Å². The molecule has 0 aliphatic carbocycles. The Kier molecular flexibility index (Phi) is 5.10. The Balaban J connectivity index is 1.95. The third kappa shape index (κ3) is 4.76. The molecule has 0 fully saturated rings. The molecule has 0 aromatic carbocycles. The van der Waals surface area contributed by atoms with Crippen molar-refractivity contribution in [2.45, 2.75) is 26.9 Å². The van der Waals surface area contributed by atoms with Crippen LogP contribution in [0, 0.1) is 5.92 Å². The van der Waals surface area contributed by atoms with Gasteiger partial charge in [0.1, 0.15) is 0 Å². The lowest BCUT2D eigenvalue weighted by Crippen LogP contribution is -2.20. The zero-order valence-corrected chi connectivity index (χ0v) is 12.9. The van der Waals surface area contributed by atoms with Gasteiger partial charge in [-0.25, -0.2) is 0 Å². The largest absolute Gasteiger partial charge is 0.311 e. The van der Waals surface area contributed by atoms with E-state index >= 15 is 0 Å². The van der Waals surface area contributed by atoms with Crippen molar-refractivity contribution in [3.8, 4) is 0 Å². The molecule has 2 aromatic rings. The molecule has 0 atom stereocenters. The van der Waals surface area contributed by atoms with Crippen molar-refractivity contribution < 1.29 is 0 Å². The van der Waals surface area contributed by atoms with Crippen LogP contribution in [-0.4, -0.2) is 21.3 Å². The van der Waals surface area contributed by atoms with Gasteiger partial charge >= 0.3 is 0 Å². The average molecular weight is 323 g/mol. The highest BCUT2D eigenvalue weighted by Gasteiger charge is 2.01. The predicted octanol–water partition coefficient (Wildman–Crippen LogP) is 2.83. The summed E-state index contributed by atoms with van der Waals surface area (Å²) in [6.07, 6.45) is 3.74. The number of hydrogen-bond donors (Lipinski definition) is 1. The maximum Gasteiger partial charge on any atom is 0.0831 e. The van der Waals surface area contributed by atoms with Crippen molar-refractivity contribution in [3.05, 3.63) is 46.5 Å². The number of hydrogen-bond acceptors (Lipinski definition) is 3. The van der Waals surface area contributed by atoms with Gasteiger partial charge in [0.2, 0.25) is 0 Å². The van der Waals surface area contributed by atoms with Gasteiger partial charge in [-0.15, -0.1) is 0 Å². The summed E-state index contributed by atoms with van der Waals surface area (Å²) in [6, 6.07) is 6.13. The van der Waals surface area contributed by atoms with E-state index in [1.807, 2.05) is 23.0 Å². The van der Waals surface area contributed by atoms with Gasteiger partial charge in [-0.1, -0.05) is 19.9 Å². The van der Waals surface area contributed by atoms with Crippen LogP contribution in [0.25, 0.3) is 0 Å². The van der Waals surface area contributed by atoms with Gasteiger partial charge in [-0.2, -0.15) is 5.10 Å². The van der Waals surface area contributed by atoms with E-state index in [0.717, 1.165) is 29.0 Å². The van der Waals surface area contributed by atoms with Crippen LogP contribution in [0.4, 0.5) is 0 Å². The van der Waals surface area contributed by atoms with Crippen LogP contribution in [0.3, 0.4) is 0 Å². The molecule has 5 heteroatoms. The molecule has 0 amide bonds. The molecular formula is C14H19BrN4. The Hall–Kier alpha value is -1.20. The Morgan fingerprint density at radius 3 is 2.79 bits per heavy atom. The Bertz CT molecular complexity index is 522. The van der Waals surface area contributed by atoms with Gasteiger partial charge in [0.05, 0.1) is 28.6 Å². The molecule has 4 nitrogen and oxygen atoms in total. The molecule has 0 aliphatic heterocycles. The van der Waals surface area contributed by atoms with Crippen LogP contribution in [0.1, 0.15) is 25.2 Å². The highest BCUT2D eigenvalue weighted by Crippen LogP contribution is 2.08. The SMILES string of the molecule is CC(C)CNCc1cccc(Cn2cc(Br)cn2)n1. The second kappa shape index (κ2) is 6.82. The molecule has 2 rings (SSSR count). The third-order valence-corrected chi connectivity index (χ3v) is 3.06. The van der Waals surface area contributed by atoms with Crippen LogP contribution in [0.5, 0.6) is 0 Å². The summed E-state index contributed by atoms with van der Waals surface area (Å²) in [5, 5.41) is 7.64. The second-order valence-corrected chi connectivity index (χ2v) is 5.92. The van der Waals surface area contributed by atoms with E-state index in [1.54, 1.807) is 6.20 Å². The van der Waals surface area contributed by atoms with Gasteiger partial charge in [-0.05, 0) is 40.5 Å². The smallest absolute Gasteiger partial charge is 0.0831 e. The molecule has 0 radical (unpaired) electrons. The summed E-state index contributed by atoms with van der Waals surface area (Å²) in [6.45, 7) is 6.93. The molecule has 2 heterocycles. The molecule has 2 aromatic heterocycles. The fourth-order valence-electron chi connectivity index (χ4n) is 1.80. The molecular weight excluding hydrogens is 304 g/mol. The van der Waals surface area contributed by atoms with E-state index in [-0.39, 0.29) is 0 Å². The van der Waals surface area contributed by atoms with E-state index < -0.39 is 0 Å². The Morgan fingerprint density at radius 2 is 2.11 bits per heavy atom. The minimum absolute atomic E-state index is 0.657. The van der Waals surface area contributed by atoms with Crippen LogP contribution in [-0.2, 0) is 13.1 Å². The van der Waals surface area contributed by atoms with E-state index in [1.165, 1.54) is 0 Å². The minimum atomic E-state index is 0.657. The number of rotatable bonds is 6. The number of nitrogens with zero attached hydrogens (tertiary/aromatic N) is 3. The quantitative estimate of drug-likeness (QED) is 0.889. The lowest BCUT2D eigenvalue weighted by molar-refractivity contribution is 0.546. The topological polar surface area (TPSA) is 42.7 Å². The summed E-state index contributed by atoms with van der Waals surface area (Å²) in [4.78, 5) is 4.64. The summed E-state index contributed by atoms with van der Waals surface area (Å²) >= 11 is 3.39. The number of aromatic nitrogens is 3. The van der Waals surface area contributed by atoms with E-state index in [0.29, 0.717) is 12.5 Å². The van der Waals surface area contributed by atoms with Gasteiger partial charge in [0.15, 0.2) is 0 Å². The van der Waals surface area contributed by atoms with Crippen molar-refractivity contribution in [3.63, 3.8) is 0 Å². The number of pyridine rings is 1. The monoisotopic (exact) mass is 322 g/mol. The molecule has 0 bridgehead atoms. The highest BCUT2D eigenvalue weighted by atomic mass is 79.9. The van der Waals surface area contributed by atoms with Gasteiger partial charge in [0.25, 0.3) is 0 Å². The molecule has 0 aliphatic rings. The summed E-state index contributed by atoms with van der Waals surface area (Å²) in [7, 11) is 0. The summed E-state index contributed by atoms with van der Waals surface area (Å²) < 4.78 is 2.86.